The summed E-state index contributed by atoms with van der Waals surface area (Å²) < 4.78 is 11.3. The molecule has 1 aliphatic heterocycles. The summed E-state index contributed by atoms with van der Waals surface area (Å²) >= 11 is 0. The molecule has 1 aliphatic rings. The Morgan fingerprint density at radius 1 is 1.21 bits per heavy atom. The average molecular weight is 391 g/mol. The first-order valence-electron chi connectivity index (χ1n) is 10.7. The highest BCUT2D eigenvalue weighted by Gasteiger charge is 2.14. The molecule has 0 amide bonds. The van der Waals surface area contributed by atoms with Crippen LogP contribution in [0.15, 0.2) is 29.3 Å². The van der Waals surface area contributed by atoms with E-state index >= 15 is 0 Å². The van der Waals surface area contributed by atoms with E-state index in [0.29, 0.717) is 6.10 Å². The van der Waals surface area contributed by atoms with E-state index in [2.05, 4.69) is 65.8 Å². The van der Waals surface area contributed by atoms with Gasteiger partial charge < -0.3 is 25.0 Å². The molecule has 0 spiro atoms. The van der Waals surface area contributed by atoms with Crippen LogP contribution < -0.4 is 15.5 Å². The number of hydrogen-bond donors (Lipinski definition) is 2. The van der Waals surface area contributed by atoms with Crippen LogP contribution in [-0.4, -0.2) is 65.6 Å². The van der Waals surface area contributed by atoms with E-state index < -0.39 is 0 Å². The summed E-state index contributed by atoms with van der Waals surface area (Å²) in [5.41, 5.74) is 2.60. The molecule has 6 nitrogen and oxygen atoms in total. The molecule has 158 valence electrons. The fraction of sp³-hybridized carbons (Fsp3) is 0.682. The van der Waals surface area contributed by atoms with Crippen molar-refractivity contribution < 1.29 is 9.47 Å². The fourth-order valence-electron chi connectivity index (χ4n) is 3.15. The van der Waals surface area contributed by atoms with Crippen molar-refractivity contribution in [3.63, 3.8) is 0 Å². The topological polar surface area (TPSA) is 58.1 Å². The van der Waals surface area contributed by atoms with Gasteiger partial charge in [0.05, 0.1) is 12.7 Å². The van der Waals surface area contributed by atoms with E-state index in [1.165, 1.54) is 17.7 Å². The van der Waals surface area contributed by atoms with Crippen molar-refractivity contribution in [2.75, 3.05) is 58.5 Å². The maximum atomic E-state index is 5.70. The Bertz CT molecular complexity index is 554. The van der Waals surface area contributed by atoms with Gasteiger partial charge in [-0.15, -0.1) is 0 Å². The van der Waals surface area contributed by atoms with Crippen molar-refractivity contribution in [2.24, 2.45) is 4.99 Å². The van der Waals surface area contributed by atoms with Gasteiger partial charge in [-0.25, -0.2) is 0 Å². The van der Waals surface area contributed by atoms with E-state index in [9.17, 15) is 0 Å². The van der Waals surface area contributed by atoms with Crippen molar-refractivity contribution in [2.45, 2.75) is 45.1 Å². The lowest BCUT2D eigenvalue weighted by molar-refractivity contribution is 0.0168. The van der Waals surface area contributed by atoms with Crippen LogP contribution in [0.25, 0.3) is 0 Å². The van der Waals surface area contributed by atoms with Crippen LogP contribution in [0.2, 0.25) is 0 Å². The number of aliphatic imine (C=N–C) groups is 1. The van der Waals surface area contributed by atoms with Gasteiger partial charge in [0, 0.05) is 52.6 Å². The summed E-state index contributed by atoms with van der Waals surface area (Å²) in [4.78, 5) is 6.80. The van der Waals surface area contributed by atoms with Crippen LogP contribution in [-0.2, 0) is 15.9 Å². The van der Waals surface area contributed by atoms with Gasteiger partial charge in [0.2, 0.25) is 0 Å². The van der Waals surface area contributed by atoms with Crippen LogP contribution in [0.4, 0.5) is 5.69 Å². The predicted octanol–water partition coefficient (Wildman–Crippen LogP) is 2.83. The first kappa shape index (κ1) is 22.5. The zero-order valence-electron chi connectivity index (χ0n) is 17.9. The lowest BCUT2D eigenvalue weighted by Crippen LogP contribution is -2.38. The molecule has 0 bridgehead atoms. The molecule has 1 saturated heterocycles. The third-order valence-electron chi connectivity index (χ3n) is 4.78. The molecule has 0 saturated carbocycles. The monoisotopic (exact) mass is 390 g/mol. The minimum Gasteiger partial charge on any atom is -0.379 e. The largest absolute Gasteiger partial charge is 0.379 e. The second-order valence-corrected chi connectivity index (χ2v) is 7.42. The fourth-order valence-corrected chi connectivity index (χ4v) is 3.15. The Morgan fingerprint density at radius 3 is 2.71 bits per heavy atom. The molecule has 28 heavy (non-hydrogen) atoms. The number of ether oxygens (including phenoxy) is 2. The van der Waals surface area contributed by atoms with Crippen LogP contribution >= 0.6 is 0 Å². The molecule has 1 aromatic carbocycles. The lowest BCUT2D eigenvalue weighted by atomic mass is 10.1. The molecule has 0 aliphatic carbocycles. The number of aryl methyl sites for hydroxylation is 1. The summed E-state index contributed by atoms with van der Waals surface area (Å²) in [5.74, 6) is 0.893. The first-order chi connectivity index (χ1) is 13.7. The van der Waals surface area contributed by atoms with Crippen molar-refractivity contribution in [1.29, 1.82) is 0 Å². The third kappa shape index (κ3) is 8.93. The number of hydrogen-bond acceptors (Lipinski definition) is 4. The molecule has 1 atom stereocenters. The van der Waals surface area contributed by atoms with Gasteiger partial charge in [0.25, 0.3) is 0 Å². The quantitative estimate of drug-likeness (QED) is 0.327. The zero-order chi connectivity index (χ0) is 20.0. The van der Waals surface area contributed by atoms with Crippen LogP contribution in [0.3, 0.4) is 0 Å². The normalized spacial score (nSPS) is 17.0. The minimum absolute atomic E-state index is 0.311. The van der Waals surface area contributed by atoms with Gasteiger partial charge in [0.15, 0.2) is 5.96 Å². The molecule has 1 fully saturated rings. The molecular weight excluding hydrogens is 352 g/mol. The first-order valence-corrected chi connectivity index (χ1v) is 10.7. The SMILES string of the molecule is CCNC(=NCCCc1ccc(N(C)C)cc1)NCCCOCC1CCCO1. The molecule has 1 heterocycles. The summed E-state index contributed by atoms with van der Waals surface area (Å²) in [6.45, 7) is 7.02. The predicted molar refractivity (Wildman–Crippen MR) is 117 cm³/mol. The van der Waals surface area contributed by atoms with Crippen molar-refractivity contribution in [3.05, 3.63) is 29.8 Å². The van der Waals surface area contributed by atoms with Gasteiger partial charge in [-0.05, 0) is 56.7 Å². The second-order valence-electron chi connectivity index (χ2n) is 7.42. The smallest absolute Gasteiger partial charge is 0.191 e. The number of guanidine groups is 1. The molecule has 0 radical (unpaired) electrons. The summed E-state index contributed by atoms with van der Waals surface area (Å²) in [7, 11) is 4.13. The average Bonchev–Trinajstić information content (AvgIpc) is 3.21. The summed E-state index contributed by atoms with van der Waals surface area (Å²) in [6, 6.07) is 8.76. The highest BCUT2D eigenvalue weighted by atomic mass is 16.5. The van der Waals surface area contributed by atoms with Gasteiger partial charge >= 0.3 is 0 Å². The van der Waals surface area contributed by atoms with Gasteiger partial charge in [0.1, 0.15) is 0 Å². The Labute approximate surface area is 170 Å². The molecule has 2 rings (SSSR count). The Kier molecular flexibility index (Phi) is 10.8. The number of nitrogens with one attached hydrogen (secondary N) is 2. The van der Waals surface area contributed by atoms with E-state index in [0.717, 1.165) is 71.1 Å². The Morgan fingerprint density at radius 2 is 2.04 bits per heavy atom. The van der Waals surface area contributed by atoms with E-state index in [-0.39, 0.29) is 0 Å². The number of anilines is 1. The molecule has 2 N–H and O–H groups in total. The zero-order valence-corrected chi connectivity index (χ0v) is 17.9. The van der Waals surface area contributed by atoms with Crippen molar-refractivity contribution >= 4 is 11.6 Å². The highest BCUT2D eigenvalue weighted by Crippen LogP contribution is 2.13. The van der Waals surface area contributed by atoms with Gasteiger partial charge in [-0.3, -0.25) is 4.99 Å². The van der Waals surface area contributed by atoms with Crippen LogP contribution in [0, 0.1) is 0 Å². The van der Waals surface area contributed by atoms with E-state index in [1.807, 2.05) is 0 Å². The Hall–Kier alpha value is -1.79. The van der Waals surface area contributed by atoms with Crippen LogP contribution in [0.5, 0.6) is 0 Å². The van der Waals surface area contributed by atoms with E-state index in [1.54, 1.807) is 0 Å². The number of benzene rings is 1. The third-order valence-corrected chi connectivity index (χ3v) is 4.78. The van der Waals surface area contributed by atoms with Gasteiger partial charge in [-0.2, -0.15) is 0 Å². The minimum atomic E-state index is 0.311. The summed E-state index contributed by atoms with van der Waals surface area (Å²) in [5, 5.41) is 6.70. The van der Waals surface area contributed by atoms with Crippen molar-refractivity contribution in [3.8, 4) is 0 Å². The second kappa shape index (κ2) is 13.4. The molecular formula is C22H38N4O2. The molecule has 0 aromatic heterocycles. The van der Waals surface area contributed by atoms with Crippen molar-refractivity contribution in [1.82, 2.24) is 10.6 Å². The molecule has 1 aromatic rings. The molecule has 1 unspecified atom stereocenters. The van der Waals surface area contributed by atoms with E-state index in [4.69, 9.17) is 9.47 Å². The lowest BCUT2D eigenvalue weighted by Gasteiger charge is -2.13. The molecule has 6 heteroatoms. The van der Waals surface area contributed by atoms with Crippen LogP contribution in [0.1, 0.15) is 38.2 Å². The summed E-state index contributed by atoms with van der Waals surface area (Å²) in [6.07, 6.45) is 5.67. The number of rotatable bonds is 12. The Balaban J connectivity index is 1.58. The van der Waals surface area contributed by atoms with Gasteiger partial charge in [-0.1, -0.05) is 12.1 Å². The maximum Gasteiger partial charge on any atom is 0.191 e. The maximum absolute atomic E-state index is 5.70. The number of nitrogens with zero attached hydrogens (tertiary/aromatic N) is 2. The highest BCUT2D eigenvalue weighted by molar-refractivity contribution is 5.79. The standard InChI is InChI=1S/C22H38N4O2/c1-4-23-22(25-15-7-16-27-18-21-9-6-17-28-21)24-14-5-8-19-10-12-20(13-11-19)26(2)3/h10-13,21H,4-9,14-18H2,1-3H3,(H2,23,24,25).